The molecule has 0 unspecified atom stereocenters. The molecule has 2 N–H and O–H groups in total. The van der Waals surface area contributed by atoms with Gasteiger partial charge in [-0.25, -0.2) is 0 Å². The maximum absolute atomic E-state index is 10.3. The highest BCUT2D eigenvalue weighted by Crippen LogP contribution is 2.16. The molecule has 0 aliphatic rings. The summed E-state index contributed by atoms with van der Waals surface area (Å²) in [5.41, 5.74) is 1.11. The summed E-state index contributed by atoms with van der Waals surface area (Å²) < 4.78 is 0. The van der Waals surface area contributed by atoms with E-state index in [0.29, 0.717) is 0 Å². The van der Waals surface area contributed by atoms with E-state index in [0.717, 1.165) is 37.8 Å². The molecule has 0 aliphatic carbocycles. The zero-order valence-electron chi connectivity index (χ0n) is 11.7. The van der Waals surface area contributed by atoms with E-state index >= 15 is 0 Å². The average molecular weight is 249 g/mol. The van der Waals surface area contributed by atoms with E-state index in [4.69, 9.17) is 0 Å². The molecule has 2 atom stereocenters. The summed E-state index contributed by atoms with van der Waals surface area (Å²) in [7, 11) is 0. The first-order chi connectivity index (χ1) is 8.77. The molecule has 18 heavy (non-hydrogen) atoms. The van der Waals surface area contributed by atoms with E-state index in [9.17, 15) is 5.11 Å². The van der Waals surface area contributed by atoms with Crippen molar-refractivity contribution in [3.8, 4) is 0 Å². The number of hydrogen-bond acceptors (Lipinski definition) is 2. The second-order valence-electron chi connectivity index (χ2n) is 4.97. The van der Waals surface area contributed by atoms with E-state index < -0.39 is 0 Å². The molecule has 0 heterocycles. The first kappa shape index (κ1) is 15.0. The van der Waals surface area contributed by atoms with Crippen molar-refractivity contribution < 1.29 is 5.11 Å². The molecule has 0 radical (unpaired) electrons. The highest BCUT2D eigenvalue weighted by molar-refractivity contribution is 5.43. The summed E-state index contributed by atoms with van der Waals surface area (Å²) in [6.45, 7) is 4.36. The van der Waals surface area contributed by atoms with Gasteiger partial charge in [0.25, 0.3) is 0 Å². The van der Waals surface area contributed by atoms with Crippen molar-refractivity contribution in [2.24, 2.45) is 0 Å². The number of para-hydroxylation sites is 1. The van der Waals surface area contributed by atoms with Gasteiger partial charge >= 0.3 is 0 Å². The molecule has 0 amide bonds. The molecule has 0 aliphatic heterocycles. The monoisotopic (exact) mass is 249 g/mol. The van der Waals surface area contributed by atoms with Gasteiger partial charge in [-0.15, -0.1) is 0 Å². The second-order valence-corrected chi connectivity index (χ2v) is 4.97. The van der Waals surface area contributed by atoms with Crippen LogP contribution < -0.4 is 5.32 Å². The molecule has 2 nitrogen and oxygen atoms in total. The maximum atomic E-state index is 10.3. The fourth-order valence-corrected chi connectivity index (χ4v) is 2.15. The van der Waals surface area contributed by atoms with Gasteiger partial charge in [0.15, 0.2) is 0 Å². The standard InChI is InChI=1S/C16H27NO/c1-3-5-12-15(16(18)13-6-4-2)17-14-10-8-7-9-11-14/h7-11,15-18H,3-6,12-13H2,1-2H3/t15-,16-/m1/s1. The molecule has 0 aromatic heterocycles. The summed E-state index contributed by atoms with van der Waals surface area (Å²) in [5.74, 6) is 0. The smallest absolute Gasteiger partial charge is 0.0741 e. The highest BCUT2D eigenvalue weighted by Gasteiger charge is 2.17. The molecule has 0 bridgehead atoms. The third-order valence-electron chi connectivity index (χ3n) is 3.31. The molecule has 1 aromatic rings. The normalized spacial score (nSPS) is 14.2. The number of aliphatic hydroxyl groups is 1. The lowest BCUT2D eigenvalue weighted by atomic mass is 9.99. The molecule has 0 fully saturated rings. The van der Waals surface area contributed by atoms with E-state index in [1.54, 1.807) is 0 Å². The summed E-state index contributed by atoms with van der Waals surface area (Å²) >= 11 is 0. The van der Waals surface area contributed by atoms with E-state index in [1.807, 2.05) is 18.2 Å². The van der Waals surface area contributed by atoms with Gasteiger partial charge in [0.1, 0.15) is 0 Å². The molecular formula is C16H27NO. The Labute approximate surface area is 111 Å². The van der Waals surface area contributed by atoms with Crippen molar-refractivity contribution in [3.05, 3.63) is 30.3 Å². The lowest BCUT2D eigenvalue weighted by Gasteiger charge is -2.25. The van der Waals surface area contributed by atoms with Gasteiger partial charge in [0.2, 0.25) is 0 Å². The van der Waals surface area contributed by atoms with Gasteiger partial charge in [-0.2, -0.15) is 0 Å². The number of anilines is 1. The molecule has 2 heteroatoms. The minimum Gasteiger partial charge on any atom is -0.391 e. The van der Waals surface area contributed by atoms with Crippen LogP contribution in [-0.2, 0) is 0 Å². The molecule has 0 saturated heterocycles. The first-order valence-electron chi connectivity index (χ1n) is 7.27. The van der Waals surface area contributed by atoms with Gasteiger partial charge < -0.3 is 10.4 Å². The first-order valence-corrected chi connectivity index (χ1v) is 7.27. The van der Waals surface area contributed by atoms with Gasteiger partial charge in [-0.05, 0) is 25.0 Å². The van der Waals surface area contributed by atoms with Crippen LogP contribution in [0.1, 0.15) is 52.4 Å². The number of aliphatic hydroxyl groups excluding tert-OH is 1. The minimum atomic E-state index is -0.239. The molecule has 1 rings (SSSR count). The Balaban J connectivity index is 2.54. The molecular weight excluding hydrogens is 222 g/mol. The Morgan fingerprint density at radius 2 is 1.61 bits per heavy atom. The summed E-state index contributed by atoms with van der Waals surface area (Å²) in [6.07, 6.45) is 6.27. The Morgan fingerprint density at radius 1 is 1.00 bits per heavy atom. The predicted octanol–water partition coefficient (Wildman–Crippen LogP) is 4.21. The van der Waals surface area contributed by atoms with Crippen LogP contribution in [0.25, 0.3) is 0 Å². The molecule has 1 aromatic carbocycles. The summed E-state index contributed by atoms with van der Waals surface area (Å²) in [4.78, 5) is 0. The quantitative estimate of drug-likeness (QED) is 0.687. The van der Waals surface area contributed by atoms with Crippen LogP contribution in [-0.4, -0.2) is 17.3 Å². The van der Waals surface area contributed by atoms with Crippen molar-refractivity contribution in [1.82, 2.24) is 0 Å². The third-order valence-corrected chi connectivity index (χ3v) is 3.31. The average Bonchev–Trinajstić information content (AvgIpc) is 2.42. The fraction of sp³-hybridized carbons (Fsp3) is 0.625. The summed E-state index contributed by atoms with van der Waals surface area (Å²) in [5, 5.41) is 13.7. The van der Waals surface area contributed by atoms with Crippen molar-refractivity contribution in [1.29, 1.82) is 0 Å². The summed E-state index contributed by atoms with van der Waals surface area (Å²) in [6, 6.07) is 10.4. The Hall–Kier alpha value is -1.02. The van der Waals surface area contributed by atoms with Crippen LogP contribution in [0.5, 0.6) is 0 Å². The van der Waals surface area contributed by atoms with E-state index in [2.05, 4.69) is 31.3 Å². The largest absolute Gasteiger partial charge is 0.391 e. The van der Waals surface area contributed by atoms with Gasteiger partial charge in [-0.1, -0.05) is 57.7 Å². The fourth-order valence-electron chi connectivity index (χ4n) is 2.15. The molecule has 0 spiro atoms. The lowest BCUT2D eigenvalue weighted by molar-refractivity contribution is 0.135. The number of nitrogens with one attached hydrogen (secondary N) is 1. The topological polar surface area (TPSA) is 32.3 Å². The number of rotatable bonds is 9. The number of hydrogen-bond donors (Lipinski definition) is 2. The molecule has 102 valence electrons. The maximum Gasteiger partial charge on any atom is 0.0741 e. The third kappa shape index (κ3) is 5.54. The zero-order valence-corrected chi connectivity index (χ0v) is 11.7. The zero-order chi connectivity index (χ0) is 13.2. The number of benzene rings is 1. The Kier molecular flexibility index (Phi) is 7.51. The van der Waals surface area contributed by atoms with E-state index in [1.165, 1.54) is 6.42 Å². The number of unbranched alkanes of at least 4 members (excludes halogenated alkanes) is 2. The van der Waals surface area contributed by atoms with Crippen LogP contribution >= 0.6 is 0 Å². The van der Waals surface area contributed by atoms with Crippen molar-refractivity contribution in [3.63, 3.8) is 0 Å². The second kappa shape index (κ2) is 8.98. The van der Waals surface area contributed by atoms with Gasteiger partial charge in [-0.3, -0.25) is 0 Å². The van der Waals surface area contributed by atoms with Gasteiger partial charge in [0.05, 0.1) is 12.1 Å². The Morgan fingerprint density at radius 3 is 2.22 bits per heavy atom. The Bertz CT molecular complexity index is 299. The highest BCUT2D eigenvalue weighted by atomic mass is 16.3. The lowest BCUT2D eigenvalue weighted by Crippen LogP contribution is -2.33. The van der Waals surface area contributed by atoms with Crippen LogP contribution in [0.4, 0.5) is 5.69 Å². The van der Waals surface area contributed by atoms with E-state index in [-0.39, 0.29) is 12.1 Å². The molecule has 0 saturated carbocycles. The van der Waals surface area contributed by atoms with Crippen LogP contribution in [0.3, 0.4) is 0 Å². The van der Waals surface area contributed by atoms with Crippen LogP contribution in [0, 0.1) is 0 Å². The van der Waals surface area contributed by atoms with Crippen LogP contribution in [0.15, 0.2) is 30.3 Å². The van der Waals surface area contributed by atoms with Crippen LogP contribution in [0.2, 0.25) is 0 Å². The minimum absolute atomic E-state index is 0.180. The van der Waals surface area contributed by atoms with Gasteiger partial charge in [0, 0.05) is 5.69 Å². The van der Waals surface area contributed by atoms with Crippen molar-refractivity contribution >= 4 is 5.69 Å². The van der Waals surface area contributed by atoms with Crippen molar-refractivity contribution in [2.75, 3.05) is 5.32 Å². The van der Waals surface area contributed by atoms with Crippen molar-refractivity contribution in [2.45, 2.75) is 64.5 Å². The predicted molar refractivity (Wildman–Crippen MR) is 78.9 cm³/mol. The SMILES string of the molecule is CCCC[C@@H](O)[C@@H](CCCC)Nc1ccccc1.